The Kier molecular flexibility index (Phi) is 5.10. The predicted molar refractivity (Wildman–Crippen MR) is 84.4 cm³/mol. The number of aliphatic carboxylic acids is 1. The van der Waals surface area contributed by atoms with Crippen LogP contribution in [0, 0.1) is 0 Å². The summed E-state index contributed by atoms with van der Waals surface area (Å²) in [4.78, 5) is 27.5. The predicted octanol–water partition coefficient (Wildman–Crippen LogP) is 2.03. The zero-order valence-electron chi connectivity index (χ0n) is 13.2. The fourth-order valence-electron chi connectivity index (χ4n) is 2.45. The molecule has 1 amide bonds. The number of amides is 1. The first-order valence-corrected chi connectivity index (χ1v) is 7.49. The van der Waals surface area contributed by atoms with E-state index in [-0.39, 0.29) is 12.3 Å². The van der Waals surface area contributed by atoms with Crippen molar-refractivity contribution < 1.29 is 14.7 Å². The van der Waals surface area contributed by atoms with Crippen molar-refractivity contribution in [2.75, 3.05) is 0 Å². The Bertz CT molecular complexity index is 678. The first kappa shape index (κ1) is 16.7. The molecule has 0 fully saturated rings. The summed E-state index contributed by atoms with van der Waals surface area (Å²) >= 11 is 0. The SMILES string of the molecule is CCC(CC)(CC(=O)O)NC(=O)c1cccc(-n2cncn2)c1. The zero-order valence-corrected chi connectivity index (χ0v) is 13.2. The van der Waals surface area contributed by atoms with Crippen LogP contribution in [-0.2, 0) is 4.79 Å². The van der Waals surface area contributed by atoms with Crippen LogP contribution in [0.5, 0.6) is 0 Å². The number of carboxylic acid groups (broad SMARTS) is 1. The van der Waals surface area contributed by atoms with Gasteiger partial charge in [0.2, 0.25) is 0 Å². The summed E-state index contributed by atoms with van der Waals surface area (Å²) in [6.07, 6.45) is 3.95. The van der Waals surface area contributed by atoms with Crippen molar-refractivity contribution in [2.24, 2.45) is 0 Å². The van der Waals surface area contributed by atoms with E-state index in [4.69, 9.17) is 5.11 Å². The molecular formula is C16H20N4O3. The topological polar surface area (TPSA) is 97.1 Å². The van der Waals surface area contributed by atoms with Gasteiger partial charge in [0.25, 0.3) is 5.91 Å². The van der Waals surface area contributed by atoms with Gasteiger partial charge in [-0.2, -0.15) is 5.10 Å². The van der Waals surface area contributed by atoms with Crippen molar-refractivity contribution in [2.45, 2.75) is 38.6 Å². The molecule has 0 spiro atoms. The van der Waals surface area contributed by atoms with Crippen LogP contribution >= 0.6 is 0 Å². The van der Waals surface area contributed by atoms with Crippen molar-refractivity contribution in [1.29, 1.82) is 0 Å². The Balaban J connectivity index is 2.23. The van der Waals surface area contributed by atoms with Crippen molar-refractivity contribution >= 4 is 11.9 Å². The second kappa shape index (κ2) is 7.04. The molecule has 23 heavy (non-hydrogen) atoms. The van der Waals surface area contributed by atoms with Crippen LogP contribution in [0.25, 0.3) is 5.69 Å². The molecule has 0 saturated carbocycles. The molecule has 2 aromatic rings. The Morgan fingerprint density at radius 2 is 2.04 bits per heavy atom. The first-order chi connectivity index (χ1) is 11.0. The second-order valence-corrected chi connectivity index (χ2v) is 5.40. The second-order valence-electron chi connectivity index (χ2n) is 5.40. The number of carboxylic acids is 1. The highest BCUT2D eigenvalue weighted by atomic mass is 16.4. The third-order valence-electron chi connectivity index (χ3n) is 4.01. The summed E-state index contributed by atoms with van der Waals surface area (Å²) in [5, 5.41) is 16.0. The molecule has 1 aromatic carbocycles. The minimum Gasteiger partial charge on any atom is -0.481 e. The molecule has 2 rings (SSSR count). The molecule has 0 aliphatic rings. The smallest absolute Gasteiger partial charge is 0.305 e. The number of benzene rings is 1. The lowest BCUT2D eigenvalue weighted by Crippen LogP contribution is -2.49. The average Bonchev–Trinajstić information content (AvgIpc) is 3.08. The van der Waals surface area contributed by atoms with Crippen molar-refractivity contribution in [3.05, 3.63) is 42.5 Å². The number of rotatable bonds is 7. The molecular weight excluding hydrogens is 296 g/mol. The molecule has 0 aliphatic carbocycles. The van der Waals surface area contributed by atoms with Crippen molar-refractivity contribution in [1.82, 2.24) is 20.1 Å². The number of nitrogens with one attached hydrogen (secondary N) is 1. The zero-order chi connectivity index (χ0) is 16.9. The molecule has 0 saturated heterocycles. The first-order valence-electron chi connectivity index (χ1n) is 7.49. The van der Waals surface area contributed by atoms with Gasteiger partial charge in [-0.3, -0.25) is 9.59 Å². The van der Waals surface area contributed by atoms with E-state index in [1.54, 1.807) is 29.2 Å². The maximum absolute atomic E-state index is 12.5. The summed E-state index contributed by atoms with van der Waals surface area (Å²) in [5.41, 5.74) is 0.424. The third-order valence-corrected chi connectivity index (χ3v) is 4.01. The third kappa shape index (κ3) is 3.94. The molecule has 0 unspecified atom stereocenters. The minimum absolute atomic E-state index is 0.103. The molecule has 7 nitrogen and oxygen atoms in total. The lowest BCUT2D eigenvalue weighted by Gasteiger charge is -2.31. The van der Waals surface area contributed by atoms with Crippen molar-refractivity contribution in [3.8, 4) is 5.69 Å². The molecule has 1 aromatic heterocycles. The van der Waals surface area contributed by atoms with E-state index in [9.17, 15) is 9.59 Å². The Labute approximate surface area is 134 Å². The van der Waals surface area contributed by atoms with E-state index in [1.165, 1.54) is 6.33 Å². The van der Waals surface area contributed by atoms with Crippen LogP contribution in [-0.4, -0.2) is 37.3 Å². The molecule has 0 atom stereocenters. The molecule has 122 valence electrons. The van der Waals surface area contributed by atoms with E-state index in [0.29, 0.717) is 24.1 Å². The summed E-state index contributed by atoms with van der Waals surface area (Å²) < 4.78 is 1.56. The van der Waals surface area contributed by atoms with E-state index >= 15 is 0 Å². The summed E-state index contributed by atoms with van der Waals surface area (Å²) in [7, 11) is 0. The van der Waals surface area contributed by atoms with Gasteiger partial charge in [-0.25, -0.2) is 9.67 Å². The summed E-state index contributed by atoms with van der Waals surface area (Å²) in [6.45, 7) is 3.75. The van der Waals surface area contributed by atoms with Gasteiger partial charge in [0.05, 0.1) is 17.6 Å². The number of aromatic nitrogens is 3. The number of nitrogens with zero attached hydrogens (tertiary/aromatic N) is 3. The van der Waals surface area contributed by atoms with Crippen LogP contribution in [0.3, 0.4) is 0 Å². The van der Waals surface area contributed by atoms with Crippen LogP contribution in [0.15, 0.2) is 36.9 Å². The van der Waals surface area contributed by atoms with E-state index in [1.807, 2.05) is 19.9 Å². The van der Waals surface area contributed by atoms with E-state index in [0.717, 1.165) is 0 Å². The van der Waals surface area contributed by atoms with Gasteiger partial charge >= 0.3 is 5.97 Å². The van der Waals surface area contributed by atoms with Gasteiger partial charge in [0, 0.05) is 5.56 Å². The maximum Gasteiger partial charge on any atom is 0.305 e. The largest absolute Gasteiger partial charge is 0.481 e. The van der Waals surface area contributed by atoms with Crippen LogP contribution in [0.1, 0.15) is 43.5 Å². The van der Waals surface area contributed by atoms with Crippen LogP contribution < -0.4 is 5.32 Å². The van der Waals surface area contributed by atoms with Crippen molar-refractivity contribution in [3.63, 3.8) is 0 Å². The number of hydrogen-bond acceptors (Lipinski definition) is 4. The van der Waals surface area contributed by atoms with Gasteiger partial charge in [0.15, 0.2) is 0 Å². The average molecular weight is 316 g/mol. The monoisotopic (exact) mass is 316 g/mol. The molecule has 7 heteroatoms. The van der Waals surface area contributed by atoms with Gasteiger partial charge in [0.1, 0.15) is 12.7 Å². The normalized spacial score (nSPS) is 11.2. The van der Waals surface area contributed by atoms with E-state index < -0.39 is 11.5 Å². The number of hydrogen-bond donors (Lipinski definition) is 2. The molecule has 0 aliphatic heterocycles. The number of carbonyl (C=O) groups is 2. The molecule has 2 N–H and O–H groups in total. The maximum atomic E-state index is 12.5. The fourth-order valence-corrected chi connectivity index (χ4v) is 2.45. The van der Waals surface area contributed by atoms with Gasteiger partial charge in [-0.05, 0) is 31.0 Å². The molecule has 0 bridgehead atoms. The Hall–Kier alpha value is -2.70. The van der Waals surface area contributed by atoms with E-state index in [2.05, 4.69) is 15.4 Å². The highest BCUT2D eigenvalue weighted by Gasteiger charge is 2.31. The lowest BCUT2D eigenvalue weighted by molar-refractivity contribution is -0.138. The van der Waals surface area contributed by atoms with Crippen LogP contribution in [0.2, 0.25) is 0 Å². The quantitative estimate of drug-likeness (QED) is 0.814. The van der Waals surface area contributed by atoms with Gasteiger partial charge < -0.3 is 10.4 Å². The lowest BCUT2D eigenvalue weighted by atomic mass is 9.88. The minimum atomic E-state index is -0.926. The Morgan fingerprint density at radius 3 is 2.61 bits per heavy atom. The van der Waals surface area contributed by atoms with Gasteiger partial charge in [-0.1, -0.05) is 19.9 Å². The highest BCUT2D eigenvalue weighted by Crippen LogP contribution is 2.21. The highest BCUT2D eigenvalue weighted by molar-refractivity contribution is 5.95. The summed E-state index contributed by atoms with van der Waals surface area (Å²) in [5.74, 6) is -1.22. The van der Waals surface area contributed by atoms with Gasteiger partial charge in [-0.15, -0.1) is 0 Å². The Morgan fingerprint density at radius 1 is 1.30 bits per heavy atom. The number of carbonyl (C=O) groups excluding carboxylic acids is 1. The molecule has 0 radical (unpaired) electrons. The summed E-state index contributed by atoms with van der Waals surface area (Å²) in [6, 6.07) is 6.95. The fraction of sp³-hybridized carbons (Fsp3) is 0.375. The molecule has 1 heterocycles. The van der Waals surface area contributed by atoms with Crippen LogP contribution in [0.4, 0.5) is 0 Å². The standard InChI is InChI=1S/C16H20N4O3/c1-3-16(4-2,9-14(21)22)19-15(23)12-6-5-7-13(8-12)20-11-17-10-18-20/h5-8,10-11H,3-4,9H2,1-2H3,(H,19,23)(H,21,22).